The molecule has 0 aliphatic carbocycles. The third kappa shape index (κ3) is 8.20. The van der Waals surface area contributed by atoms with Crippen LogP contribution in [0.15, 0.2) is 140 Å². The van der Waals surface area contributed by atoms with E-state index in [0.29, 0.717) is 0 Å². The van der Waals surface area contributed by atoms with Gasteiger partial charge in [0.2, 0.25) is 0 Å². The molecule has 0 saturated carbocycles. The lowest BCUT2D eigenvalue weighted by atomic mass is 9.77. The summed E-state index contributed by atoms with van der Waals surface area (Å²) in [4.78, 5) is 0. The van der Waals surface area contributed by atoms with E-state index in [-0.39, 0.29) is 5.41 Å². The topological polar surface area (TPSA) is 18.5 Å². The van der Waals surface area contributed by atoms with E-state index in [1.54, 1.807) is 0 Å². The Hall–Kier alpha value is -5.08. The number of aryl methyl sites for hydroxylation is 5. The maximum Gasteiger partial charge on any atom is 0.127 e. The molecule has 0 unspecified atom stereocenters. The Bertz CT molecular complexity index is 1900. The van der Waals surface area contributed by atoms with Crippen molar-refractivity contribution in [1.29, 1.82) is 0 Å². The number of rotatable bonds is 11. The molecule has 0 N–H and O–H groups in total. The number of hydrogen-bond donors (Lipinski definition) is 0. The Balaban J connectivity index is 1.00. The maximum atomic E-state index is 6.23. The number of benzene rings is 6. The van der Waals surface area contributed by atoms with Crippen LogP contribution >= 0.6 is 0 Å². The lowest BCUT2D eigenvalue weighted by Gasteiger charge is -2.26. The van der Waals surface area contributed by atoms with Gasteiger partial charge in [-0.3, -0.25) is 0 Å². The van der Waals surface area contributed by atoms with Crippen LogP contribution in [0.25, 0.3) is 0 Å². The molecule has 0 amide bonds. The summed E-state index contributed by atoms with van der Waals surface area (Å²) in [5.41, 5.74) is 11.6. The Morgan fingerprint density at radius 1 is 0.426 bits per heavy atom. The van der Waals surface area contributed by atoms with Crippen molar-refractivity contribution in [3.63, 3.8) is 0 Å². The molecule has 0 fully saturated rings. The summed E-state index contributed by atoms with van der Waals surface area (Å²) in [6.07, 6.45) is 2.86. The van der Waals surface area contributed by atoms with E-state index >= 15 is 0 Å². The molecule has 2 nitrogen and oxygen atoms in total. The van der Waals surface area contributed by atoms with Crippen molar-refractivity contribution in [2.75, 3.05) is 0 Å². The van der Waals surface area contributed by atoms with E-state index in [1.165, 1.54) is 50.1 Å². The Morgan fingerprint density at radius 3 is 1.32 bits per heavy atom. The zero-order chi connectivity index (χ0) is 32.8. The molecule has 6 rings (SSSR count). The highest BCUT2D eigenvalue weighted by molar-refractivity contribution is 5.43. The van der Waals surface area contributed by atoms with Gasteiger partial charge >= 0.3 is 0 Å². The first kappa shape index (κ1) is 31.9. The minimum absolute atomic E-state index is 0.0224. The van der Waals surface area contributed by atoms with Crippen molar-refractivity contribution in [1.82, 2.24) is 0 Å². The molecule has 0 aromatic heterocycles. The molecular weight excluding hydrogens is 572 g/mol. The lowest BCUT2D eigenvalue weighted by Crippen LogP contribution is -2.18. The Labute approximate surface area is 280 Å². The predicted molar refractivity (Wildman–Crippen MR) is 195 cm³/mol. The van der Waals surface area contributed by atoms with Crippen LogP contribution in [-0.4, -0.2) is 0 Å². The van der Waals surface area contributed by atoms with Crippen molar-refractivity contribution < 1.29 is 9.47 Å². The quantitative estimate of drug-likeness (QED) is 0.144. The third-order valence-electron chi connectivity index (χ3n) is 9.20. The molecule has 0 bridgehead atoms. The van der Waals surface area contributed by atoms with Crippen molar-refractivity contribution >= 4 is 0 Å². The first-order chi connectivity index (χ1) is 22.7. The van der Waals surface area contributed by atoms with E-state index in [9.17, 15) is 0 Å². The van der Waals surface area contributed by atoms with Crippen molar-refractivity contribution in [2.24, 2.45) is 0 Å². The molecule has 0 aliphatic heterocycles. The lowest BCUT2D eigenvalue weighted by molar-refractivity contribution is 0.482. The molecule has 6 aromatic carbocycles. The standard InChI is InChI=1S/C45H44O2/c1-32-6-19-39(20-7-32)45(4,5)40-21-12-35(13-22-40)10-11-36-14-25-43(26-15-36)47-44-29-18-38(34(3)30-44)31-37-16-27-42(28-17-37)46-41-23-8-33(2)9-24-41/h6-9,12-30H,10-11,31H2,1-5H3. The zero-order valence-electron chi connectivity index (χ0n) is 28.2. The average Bonchev–Trinajstić information content (AvgIpc) is 3.08. The highest BCUT2D eigenvalue weighted by atomic mass is 16.5. The highest BCUT2D eigenvalue weighted by Crippen LogP contribution is 2.32. The van der Waals surface area contributed by atoms with Crippen LogP contribution < -0.4 is 9.47 Å². The summed E-state index contributed by atoms with van der Waals surface area (Å²) in [6, 6.07) is 49.4. The van der Waals surface area contributed by atoms with Gasteiger partial charge in [-0.05, 0) is 128 Å². The number of ether oxygens (including phenoxy) is 2. The molecule has 0 atom stereocenters. The van der Waals surface area contributed by atoms with Crippen LogP contribution in [0, 0.1) is 20.8 Å². The second-order valence-electron chi connectivity index (χ2n) is 13.3. The van der Waals surface area contributed by atoms with Gasteiger partial charge in [-0.25, -0.2) is 0 Å². The van der Waals surface area contributed by atoms with E-state index in [0.717, 1.165) is 42.3 Å². The largest absolute Gasteiger partial charge is 0.457 e. The molecule has 0 radical (unpaired) electrons. The predicted octanol–water partition coefficient (Wildman–Crippen LogP) is 11.9. The molecular formula is C45H44O2. The van der Waals surface area contributed by atoms with Crippen LogP contribution in [0.4, 0.5) is 0 Å². The average molecular weight is 617 g/mol. The monoisotopic (exact) mass is 616 g/mol. The van der Waals surface area contributed by atoms with E-state index in [1.807, 2.05) is 24.3 Å². The van der Waals surface area contributed by atoms with Gasteiger partial charge in [0.15, 0.2) is 0 Å². The molecule has 0 spiro atoms. The Morgan fingerprint density at radius 2 is 0.809 bits per heavy atom. The molecule has 47 heavy (non-hydrogen) atoms. The van der Waals surface area contributed by atoms with Gasteiger partial charge in [-0.1, -0.05) is 116 Å². The van der Waals surface area contributed by atoms with Crippen molar-refractivity contribution in [3.05, 3.63) is 190 Å². The van der Waals surface area contributed by atoms with E-state index < -0.39 is 0 Å². The van der Waals surface area contributed by atoms with Gasteiger partial charge in [-0.15, -0.1) is 0 Å². The van der Waals surface area contributed by atoms with Crippen molar-refractivity contribution in [3.8, 4) is 23.0 Å². The fourth-order valence-electron chi connectivity index (χ4n) is 5.94. The first-order valence-corrected chi connectivity index (χ1v) is 16.6. The van der Waals surface area contributed by atoms with Gasteiger partial charge in [0, 0.05) is 5.41 Å². The zero-order valence-corrected chi connectivity index (χ0v) is 28.2. The second-order valence-corrected chi connectivity index (χ2v) is 13.3. The summed E-state index contributed by atoms with van der Waals surface area (Å²) in [7, 11) is 0. The molecule has 236 valence electrons. The van der Waals surface area contributed by atoms with Gasteiger partial charge in [0.1, 0.15) is 23.0 Å². The van der Waals surface area contributed by atoms with Crippen LogP contribution in [0.1, 0.15) is 63.9 Å². The summed E-state index contributed by atoms with van der Waals surface area (Å²) in [5.74, 6) is 3.41. The summed E-state index contributed by atoms with van der Waals surface area (Å²) in [5, 5.41) is 0. The van der Waals surface area contributed by atoms with Gasteiger partial charge < -0.3 is 9.47 Å². The Kier molecular flexibility index (Phi) is 9.59. The van der Waals surface area contributed by atoms with Gasteiger partial charge in [0.25, 0.3) is 0 Å². The SMILES string of the molecule is Cc1ccc(Oc2ccc(Cc3ccc(Oc4ccc(CCc5ccc(C(C)(C)c6ccc(C)cc6)cc5)cc4)cc3C)cc2)cc1. The van der Waals surface area contributed by atoms with Gasteiger partial charge in [-0.2, -0.15) is 0 Å². The summed E-state index contributed by atoms with van der Waals surface area (Å²) in [6.45, 7) is 11.0. The summed E-state index contributed by atoms with van der Waals surface area (Å²) < 4.78 is 12.2. The van der Waals surface area contributed by atoms with Crippen LogP contribution in [0.2, 0.25) is 0 Å². The fourth-order valence-corrected chi connectivity index (χ4v) is 5.94. The number of hydrogen-bond acceptors (Lipinski definition) is 2. The van der Waals surface area contributed by atoms with Crippen LogP contribution in [0.3, 0.4) is 0 Å². The summed E-state index contributed by atoms with van der Waals surface area (Å²) >= 11 is 0. The second kappa shape index (κ2) is 14.1. The van der Waals surface area contributed by atoms with E-state index in [2.05, 4.69) is 150 Å². The normalized spacial score (nSPS) is 11.3. The minimum atomic E-state index is -0.0224. The van der Waals surface area contributed by atoms with Crippen molar-refractivity contribution in [2.45, 2.75) is 59.3 Å². The first-order valence-electron chi connectivity index (χ1n) is 16.6. The molecule has 2 heteroatoms. The van der Waals surface area contributed by atoms with Crippen LogP contribution in [0.5, 0.6) is 23.0 Å². The molecule has 0 aliphatic rings. The smallest absolute Gasteiger partial charge is 0.127 e. The minimum Gasteiger partial charge on any atom is -0.457 e. The van der Waals surface area contributed by atoms with E-state index in [4.69, 9.17) is 9.47 Å². The molecule has 6 aromatic rings. The van der Waals surface area contributed by atoms with Crippen LogP contribution in [-0.2, 0) is 24.7 Å². The molecule has 0 saturated heterocycles. The van der Waals surface area contributed by atoms with Gasteiger partial charge in [0.05, 0.1) is 0 Å². The third-order valence-corrected chi connectivity index (χ3v) is 9.20. The maximum absolute atomic E-state index is 6.23. The molecule has 0 heterocycles. The highest BCUT2D eigenvalue weighted by Gasteiger charge is 2.22. The fraction of sp³-hybridized carbons (Fsp3) is 0.200.